The molecule has 23 heavy (non-hydrogen) atoms. The van der Waals surface area contributed by atoms with Gasteiger partial charge in [0.2, 0.25) is 6.10 Å². The van der Waals surface area contributed by atoms with Crippen molar-refractivity contribution in [2.45, 2.75) is 6.10 Å². The van der Waals surface area contributed by atoms with Gasteiger partial charge in [-0.05, 0) is 24.3 Å². The number of nitro groups is 1. The van der Waals surface area contributed by atoms with Crippen LogP contribution in [0.2, 0.25) is 5.02 Å². The maximum atomic E-state index is 11.8. The number of ether oxygens (including phenoxy) is 1. The highest BCUT2D eigenvalue weighted by Gasteiger charge is 2.39. The van der Waals surface area contributed by atoms with Crippen LogP contribution in [0, 0.1) is 10.1 Å². The number of rotatable bonds is 4. The van der Waals surface area contributed by atoms with Crippen molar-refractivity contribution in [2.75, 3.05) is 5.32 Å². The minimum Gasteiger partial charge on any atom is -0.442 e. The fraction of sp³-hybridized carbons (Fsp3) is 0.0625. The summed E-state index contributed by atoms with van der Waals surface area (Å²) >= 11 is 5.87. The topological polar surface area (TPSA) is 81.5 Å². The van der Waals surface area contributed by atoms with E-state index in [1.807, 2.05) is 0 Å². The predicted octanol–water partition coefficient (Wildman–Crippen LogP) is 3.78. The Labute approximate surface area is 136 Å². The van der Waals surface area contributed by atoms with Crippen molar-refractivity contribution in [2.24, 2.45) is 0 Å². The number of halogens is 1. The molecule has 116 valence electrons. The van der Waals surface area contributed by atoms with E-state index in [0.29, 0.717) is 21.8 Å². The lowest BCUT2D eigenvalue weighted by Crippen LogP contribution is -2.12. The van der Waals surface area contributed by atoms with Crippen LogP contribution in [0.1, 0.15) is 22.0 Å². The van der Waals surface area contributed by atoms with Gasteiger partial charge in [0.05, 0.1) is 16.7 Å². The Bertz CT molecular complexity index is 819. The number of esters is 1. The summed E-state index contributed by atoms with van der Waals surface area (Å²) in [6.45, 7) is 0. The molecule has 0 aromatic heterocycles. The Morgan fingerprint density at radius 2 is 2.04 bits per heavy atom. The number of carbonyl (C=O) groups excluding carboxylic acids is 1. The van der Waals surface area contributed by atoms with Crippen LogP contribution in [-0.2, 0) is 4.74 Å². The molecule has 1 N–H and O–H groups in total. The van der Waals surface area contributed by atoms with E-state index in [4.69, 9.17) is 16.3 Å². The van der Waals surface area contributed by atoms with Crippen LogP contribution < -0.4 is 5.32 Å². The van der Waals surface area contributed by atoms with Gasteiger partial charge in [0.25, 0.3) is 0 Å². The zero-order valence-corrected chi connectivity index (χ0v) is 12.5. The van der Waals surface area contributed by atoms with Crippen LogP contribution in [0.25, 0.3) is 0 Å². The van der Waals surface area contributed by atoms with Crippen LogP contribution >= 0.6 is 11.6 Å². The Balaban J connectivity index is 1.93. The molecule has 0 aliphatic carbocycles. The molecule has 0 bridgehead atoms. The van der Waals surface area contributed by atoms with Crippen LogP contribution in [0.4, 0.5) is 5.69 Å². The van der Waals surface area contributed by atoms with Crippen LogP contribution in [-0.4, -0.2) is 10.9 Å². The van der Waals surface area contributed by atoms with Crippen LogP contribution in [0.5, 0.6) is 0 Å². The molecule has 0 saturated carbocycles. The molecule has 6 nitrogen and oxygen atoms in total. The third kappa shape index (κ3) is 3.02. The van der Waals surface area contributed by atoms with E-state index in [0.717, 1.165) is 0 Å². The van der Waals surface area contributed by atoms with Crippen molar-refractivity contribution in [3.05, 3.63) is 86.7 Å². The summed E-state index contributed by atoms with van der Waals surface area (Å²) in [7, 11) is 0. The number of carbonyl (C=O) groups is 1. The van der Waals surface area contributed by atoms with E-state index in [1.54, 1.807) is 48.5 Å². The monoisotopic (exact) mass is 330 g/mol. The molecule has 2 aromatic rings. The quantitative estimate of drug-likeness (QED) is 0.524. The van der Waals surface area contributed by atoms with E-state index in [2.05, 4.69) is 5.32 Å². The van der Waals surface area contributed by atoms with Crippen molar-refractivity contribution in [3.63, 3.8) is 0 Å². The molecule has 0 spiro atoms. The number of anilines is 1. The first-order valence-electron chi connectivity index (χ1n) is 6.73. The Kier molecular flexibility index (Phi) is 3.99. The van der Waals surface area contributed by atoms with Gasteiger partial charge in [-0.1, -0.05) is 35.9 Å². The number of nitrogens with zero attached hydrogens (tertiary/aromatic N) is 1. The third-order valence-corrected chi connectivity index (χ3v) is 3.61. The molecule has 1 aliphatic rings. The summed E-state index contributed by atoms with van der Waals surface area (Å²) in [4.78, 5) is 22.6. The lowest BCUT2D eigenvalue weighted by molar-refractivity contribution is -0.436. The highest BCUT2D eigenvalue weighted by Crippen LogP contribution is 2.35. The number of benzene rings is 2. The van der Waals surface area contributed by atoms with Gasteiger partial charge < -0.3 is 10.1 Å². The Hall–Kier alpha value is -2.86. The number of hydrogen-bond donors (Lipinski definition) is 1. The molecule has 2 aromatic carbocycles. The summed E-state index contributed by atoms with van der Waals surface area (Å²) < 4.78 is 5.15. The minimum absolute atomic E-state index is 0.261. The molecule has 3 rings (SSSR count). The number of hydrogen-bond acceptors (Lipinski definition) is 5. The van der Waals surface area contributed by atoms with E-state index in [9.17, 15) is 14.9 Å². The second kappa shape index (κ2) is 6.10. The fourth-order valence-electron chi connectivity index (χ4n) is 2.32. The van der Waals surface area contributed by atoms with Gasteiger partial charge in [-0.2, -0.15) is 0 Å². The lowest BCUT2D eigenvalue weighted by Gasteiger charge is -2.09. The van der Waals surface area contributed by atoms with Crippen molar-refractivity contribution in [1.29, 1.82) is 0 Å². The molecule has 1 atom stereocenters. The SMILES string of the molecule is O=C1OC(/C(=C\Nc2cccc(Cl)c2)[N+](=O)[O-])c2ccccc21. The first kappa shape index (κ1) is 15.1. The zero-order valence-electron chi connectivity index (χ0n) is 11.7. The first-order valence-corrected chi connectivity index (χ1v) is 7.10. The zero-order chi connectivity index (χ0) is 16.4. The second-order valence-corrected chi connectivity index (χ2v) is 5.29. The van der Waals surface area contributed by atoms with Crippen molar-refractivity contribution < 1.29 is 14.5 Å². The first-order chi connectivity index (χ1) is 11.1. The number of cyclic esters (lactones) is 1. The summed E-state index contributed by atoms with van der Waals surface area (Å²) in [5.74, 6) is -0.568. The van der Waals surface area contributed by atoms with E-state index >= 15 is 0 Å². The fourth-order valence-corrected chi connectivity index (χ4v) is 2.52. The molecule has 1 aliphatic heterocycles. The maximum absolute atomic E-state index is 11.8. The highest BCUT2D eigenvalue weighted by molar-refractivity contribution is 6.30. The van der Waals surface area contributed by atoms with Crippen LogP contribution in [0.3, 0.4) is 0 Å². The lowest BCUT2D eigenvalue weighted by atomic mass is 10.0. The standard InChI is InChI=1S/C16H11ClN2O4/c17-10-4-3-5-11(8-10)18-9-14(19(21)22)15-12-6-1-2-7-13(12)16(20)23-15/h1-9,15,18H/b14-9+. The van der Waals surface area contributed by atoms with Crippen molar-refractivity contribution >= 4 is 23.3 Å². The van der Waals surface area contributed by atoms with Gasteiger partial charge in [0.1, 0.15) is 0 Å². The van der Waals surface area contributed by atoms with Gasteiger partial charge >= 0.3 is 11.7 Å². The third-order valence-electron chi connectivity index (χ3n) is 3.38. The Morgan fingerprint density at radius 1 is 1.26 bits per heavy atom. The number of nitrogens with one attached hydrogen (secondary N) is 1. The van der Waals surface area contributed by atoms with Gasteiger partial charge in [-0.15, -0.1) is 0 Å². The average Bonchev–Trinajstić information content (AvgIpc) is 2.85. The van der Waals surface area contributed by atoms with Gasteiger partial charge in [0.15, 0.2) is 0 Å². The predicted molar refractivity (Wildman–Crippen MR) is 84.8 cm³/mol. The Morgan fingerprint density at radius 3 is 2.78 bits per heavy atom. The molecule has 1 heterocycles. The van der Waals surface area contributed by atoms with E-state index in [-0.39, 0.29) is 5.70 Å². The van der Waals surface area contributed by atoms with Crippen molar-refractivity contribution in [1.82, 2.24) is 0 Å². The second-order valence-electron chi connectivity index (χ2n) is 4.85. The highest BCUT2D eigenvalue weighted by atomic mass is 35.5. The van der Waals surface area contributed by atoms with Crippen LogP contribution in [0.15, 0.2) is 60.4 Å². The molecule has 0 saturated heterocycles. The normalized spacial score (nSPS) is 16.7. The van der Waals surface area contributed by atoms with Gasteiger partial charge in [-0.25, -0.2) is 4.79 Å². The van der Waals surface area contributed by atoms with Gasteiger partial charge in [0, 0.05) is 16.3 Å². The molecular formula is C16H11ClN2O4. The maximum Gasteiger partial charge on any atom is 0.339 e. The average molecular weight is 331 g/mol. The smallest absolute Gasteiger partial charge is 0.339 e. The molecule has 7 heteroatoms. The molecular weight excluding hydrogens is 320 g/mol. The summed E-state index contributed by atoms with van der Waals surface area (Å²) in [6.07, 6.45) is 0.173. The molecule has 0 fully saturated rings. The van der Waals surface area contributed by atoms with E-state index < -0.39 is 17.0 Å². The molecule has 0 radical (unpaired) electrons. The van der Waals surface area contributed by atoms with Gasteiger partial charge in [-0.3, -0.25) is 10.1 Å². The molecule has 0 amide bonds. The van der Waals surface area contributed by atoms with Crippen molar-refractivity contribution in [3.8, 4) is 0 Å². The van der Waals surface area contributed by atoms with E-state index in [1.165, 1.54) is 6.20 Å². The molecule has 1 unspecified atom stereocenters. The summed E-state index contributed by atoms with van der Waals surface area (Å²) in [5.41, 5.74) is 1.15. The largest absolute Gasteiger partial charge is 0.442 e. The summed E-state index contributed by atoms with van der Waals surface area (Å²) in [6, 6.07) is 13.4. The summed E-state index contributed by atoms with van der Waals surface area (Å²) in [5, 5.41) is 14.7. The number of fused-ring (bicyclic) bond motifs is 1. The minimum atomic E-state index is -1.04.